The number of hydrogen-bond donors (Lipinski definition) is 2. The van der Waals surface area contributed by atoms with Crippen molar-refractivity contribution in [3.63, 3.8) is 0 Å². The van der Waals surface area contributed by atoms with Crippen molar-refractivity contribution >= 4 is 15.8 Å². The molecule has 1 unspecified atom stereocenters. The van der Waals surface area contributed by atoms with Gasteiger partial charge in [0.25, 0.3) is 0 Å². The minimum absolute atomic E-state index is 0.00634. The maximum atomic E-state index is 11.4. The van der Waals surface area contributed by atoms with E-state index in [1.54, 1.807) is 0 Å². The third-order valence-corrected chi connectivity index (χ3v) is 4.66. The summed E-state index contributed by atoms with van der Waals surface area (Å²) in [7, 11) is -2.84. The van der Waals surface area contributed by atoms with E-state index in [1.807, 2.05) is 6.92 Å². The average Bonchev–Trinajstić information content (AvgIpc) is 2.57. The van der Waals surface area contributed by atoms with Crippen LogP contribution in [-0.4, -0.2) is 45.0 Å². The smallest absolute Gasteiger partial charge is 0.191 e. The molecule has 1 fully saturated rings. The van der Waals surface area contributed by atoms with Crippen molar-refractivity contribution in [2.45, 2.75) is 39.7 Å². The largest absolute Gasteiger partial charge is 0.357 e. The Morgan fingerprint density at radius 1 is 1.44 bits per heavy atom. The van der Waals surface area contributed by atoms with E-state index in [9.17, 15) is 8.42 Å². The summed E-state index contributed by atoms with van der Waals surface area (Å²) in [6.45, 7) is 7.89. The third kappa shape index (κ3) is 5.71. The second-order valence-electron chi connectivity index (χ2n) is 5.19. The summed E-state index contributed by atoms with van der Waals surface area (Å²) in [6, 6.07) is 0.00634. The highest BCUT2D eigenvalue weighted by Gasteiger charge is 2.28. The third-order valence-electron chi connectivity index (χ3n) is 2.89. The van der Waals surface area contributed by atoms with E-state index in [0.717, 1.165) is 25.5 Å². The van der Waals surface area contributed by atoms with Crippen LogP contribution >= 0.6 is 0 Å². The average molecular weight is 275 g/mol. The van der Waals surface area contributed by atoms with Gasteiger partial charge in [0.2, 0.25) is 0 Å². The summed E-state index contributed by atoms with van der Waals surface area (Å²) < 4.78 is 22.8. The Morgan fingerprint density at radius 2 is 2.17 bits per heavy atom. The Labute approximate surface area is 110 Å². The van der Waals surface area contributed by atoms with Crippen molar-refractivity contribution in [2.24, 2.45) is 10.9 Å². The molecule has 0 bridgehead atoms. The Morgan fingerprint density at radius 3 is 2.67 bits per heavy atom. The summed E-state index contributed by atoms with van der Waals surface area (Å²) in [5.74, 6) is 1.88. The molecule has 6 heteroatoms. The first-order valence-electron chi connectivity index (χ1n) is 6.68. The van der Waals surface area contributed by atoms with Gasteiger partial charge in [-0.1, -0.05) is 13.8 Å². The molecule has 0 spiro atoms. The summed E-state index contributed by atoms with van der Waals surface area (Å²) in [5, 5.41) is 6.36. The normalized spacial score (nSPS) is 23.3. The highest BCUT2D eigenvalue weighted by molar-refractivity contribution is 7.91. The number of hydrogen-bond acceptors (Lipinski definition) is 3. The van der Waals surface area contributed by atoms with Crippen LogP contribution in [-0.2, 0) is 9.84 Å². The maximum absolute atomic E-state index is 11.4. The predicted molar refractivity (Wildman–Crippen MR) is 75.6 cm³/mol. The van der Waals surface area contributed by atoms with Crippen molar-refractivity contribution in [1.82, 2.24) is 10.6 Å². The van der Waals surface area contributed by atoms with Crippen LogP contribution < -0.4 is 10.6 Å². The van der Waals surface area contributed by atoms with Gasteiger partial charge in [0.05, 0.1) is 11.5 Å². The Kier molecular flexibility index (Phi) is 5.91. The lowest BCUT2D eigenvalue weighted by Gasteiger charge is -2.16. The van der Waals surface area contributed by atoms with Crippen molar-refractivity contribution in [3.05, 3.63) is 0 Å². The fourth-order valence-electron chi connectivity index (χ4n) is 1.86. The number of rotatable bonds is 5. The number of nitrogens with one attached hydrogen (secondary N) is 2. The fourth-order valence-corrected chi connectivity index (χ4v) is 3.53. The van der Waals surface area contributed by atoms with Gasteiger partial charge in [-0.2, -0.15) is 0 Å². The zero-order chi connectivity index (χ0) is 13.6. The summed E-state index contributed by atoms with van der Waals surface area (Å²) in [4.78, 5) is 4.46. The Hall–Kier alpha value is -0.780. The van der Waals surface area contributed by atoms with Crippen molar-refractivity contribution in [2.75, 3.05) is 24.6 Å². The molecule has 0 aromatic carbocycles. The molecule has 1 atom stereocenters. The molecule has 0 aliphatic carbocycles. The number of aliphatic imine (C=N–C) groups is 1. The summed E-state index contributed by atoms with van der Waals surface area (Å²) in [6.07, 6.45) is 1.72. The predicted octanol–water partition coefficient (Wildman–Crippen LogP) is 0.775. The zero-order valence-electron chi connectivity index (χ0n) is 11.6. The van der Waals surface area contributed by atoms with Crippen molar-refractivity contribution in [1.29, 1.82) is 0 Å². The van der Waals surface area contributed by atoms with Crippen LogP contribution in [0.25, 0.3) is 0 Å². The lowest BCUT2D eigenvalue weighted by Crippen LogP contribution is -2.44. The highest BCUT2D eigenvalue weighted by atomic mass is 32.2. The van der Waals surface area contributed by atoms with Gasteiger partial charge < -0.3 is 10.6 Å². The molecule has 5 nitrogen and oxygen atoms in total. The van der Waals surface area contributed by atoms with E-state index < -0.39 is 9.84 Å². The Bertz CT molecular complexity index is 377. The van der Waals surface area contributed by atoms with Gasteiger partial charge in [0.1, 0.15) is 0 Å². The van der Waals surface area contributed by atoms with E-state index in [1.165, 1.54) is 0 Å². The number of guanidine groups is 1. The van der Waals surface area contributed by atoms with Gasteiger partial charge in [-0.3, -0.25) is 4.99 Å². The van der Waals surface area contributed by atoms with Crippen LogP contribution in [0.1, 0.15) is 33.6 Å². The summed E-state index contributed by atoms with van der Waals surface area (Å²) >= 11 is 0. The van der Waals surface area contributed by atoms with Crippen LogP contribution in [0.3, 0.4) is 0 Å². The molecule has 0 aromatic rings. The molecule has 2 N–H and O–H groups in total. The van der Waals surface area contributed by atoms with Crippen LogP contribution in [0.15, 0.2) is 4.99 Å². The van der Waals surface area contributed by atoms with E-state index in [4.69, 9.17) is 0 Å². The zero-order valence-corrected chi connectivity index (χ0v) is 12.4. The second-order valence-corrected chi connectivity index (χ2v) is 7.42. The minimum Gasteiger partial charge on any atom is -0.357 e. The number of sulfone groups is 1. The second kappa shape index (κ2) is 6.97. The molecule has 0 radical (unpaired) electrons. The van der Waals surface area contributed by atoms with E-state index in [-0.39, 0.29) is 17.5 Å². The molecule has 1 aliphatic heterocycles. The Balaban J connectivity index is 2.47. The van der Waals surface area contributed by atoms with E-state index in [2.05, 4.69) is 29.5 Å². The summed E-state index contributed by atoms with van der Waals surface area (Å²) in [5.41, 5.74) is 0. The van der Waals surface area contributed by atoms with Crippen LogP contribution in [0.4, 0.5) is 0 Å². The van der Waals surface area contributed by atoms with Gasteiger partial charge in [-0.15, -0.1) is 0 Å². The van der Waals surface area contributed by atoms with Gasteiger partial charge in [0.15, 0.2) is 15.8 Å². The van der Waals surface area contributed by atoms with Crippen molar-refractivity contribution < 1.29 is 8.42 Å². The molecule has 1 aliphatic rings. The molecule has 18 heavy (non-hydrogen) atoms. The van der Waals surface area contributed by atoms with Crippen LogP contribution in [0.5, 0.6) is 0 Å². The molecular formula is C12H25N3O2S. The van der Waals surface area contributed by atoms with E-state index >= 15 is 0 Å². The highest BCUT2D eigenvalue weighted by Crippen LogP contribution is 2.11. The maximum Gasteiger partial charge on any atom is 0.191 e. The minimum atomic E-state index is -2.84. The number of nitrogens with zero attached hydrogens (tertiary/aromatic N) is 1. The molecular weight excluding hydrogens is 250 g/mol. The first kappa shape index (κ1) is 15.3. The monoisotopic (exact) mass is 275 g/mol. The molecule has 1 saturated heterocycles. The molecule has 106 valence electrons. The van der Waals surface area contributed by atoms with Gasteiger partial charge in [0, 0.05) is 19.1 Å². The van der Waals surface area contributed by atoms with Crippen LogP contribution in [0.2, 0.25) is 0 Å². The lowest BCUT2D eigenvalue weighted by atomic mass is 10.1. The van der Waals surface area contributed by atoms with Gasteiger partial charge in [-0.25, -0.2) is 8.42 Å². The molecule has 0 saturated carbocycles. The van der Waals surface area contributed by atoms with Gasteiger partial charge >= 0.3 is 0 Å². The van der Waals surface area contributed by atoms with Crippen molar-refractivity contribution in [3.8, 4) is 0 Å². The standard InChI is InChI=1S/C12H25N3O2S/c1-4-13-12(14-7-5-10(2)3)15-11-6-8-18(16,17)9-11/h10-11H,4-9H2,1-3H3,(H2,13,14,15). The molecule has 1 rings (SSSR count). The first-order valence-corrected chi connectivity index (χ1v) is 8.50. The fraction of sp³-hybridized carbons (Fsp3) is 0.917. The molecule has 0 amide bonds. The quantitative estimate of drug-likeness (QED) is 0.574. The topological polar surface area (TPSA) is 70.6 Å². The molecule has 1 heterocycles. The molecule has 0 aromatic heterocycles. The van der Waals surface area contributed by atoms with Crippen LogP contribution in [0, 0.1) is 5.92 Å². The SMILES string of the molecule is CCNC(=NCCC(C)C)NC1CCS(=O)(=O)C1. The van der Waals surface area contributed by atoms with Gasteiger partial charge in [-0.05, 0) is 25.7 Å². The first-order chi connectivity index (χ1) is 8.43. The lowest BCUT2D eigenvalue weighted by molar-refractivity contribution is 0.590. The van der Waals surface area contributed by atoms with E-state index in [0.29, 0.717) is 12.3 Å².